The standard InChI is InChI=1S/C14H21BO2.BH2O2/c1-10-8-7-9-11(2)12(10)15-16-13(3,4)14(5,6)17-15;2-1-3/h7-9H,1-6H3;2-3H. The molecule has 1 saturated heterocycles. The maximum atomic E-state index is 7.00. The van der Waals surface area contributed by atoms with Gasteiger partial charge in [-0.3, -0.25) is 0 Å². The quantitative estimate of drug-likeness (QED) is 0.755. The van der Waals surface area contributed by atoms with Gasteiger partial charge in [-0.15, -0.1) is 0 Å². The minimum absolute atomic E-state index is 0. The van der Waals surface area contributed by atoms with Gasteiger partial charge in [-0.05, 0) is 47.0 Å². The number of benzene rings is 1. The maximum absolute atomic E-state index is 7.00. The molecule has 0 saturated carbocycles. The summed E-state index contributed by atoms with van der Waals surface area (Å²) in [6, 6.07) is 6.28. The van der Waals surface area contributed by atoms with E-state index in [1.54, 1.807) is 0 Å². The predicted octanol–water partition coefficient (Wildman–Crippen LogP) is 1.11. The summed E-state index contributed by atoms with van der Waals surface area (Å²) in [7, 11) is -0.249. The number of hydrogen-bond donors (Lipinski definition) is 2. The van der Waals surface area contributed by atoms with Gasteiger partial charge in [0, 0.05) is 0 Å². The van der Waals surface area contributed by atoms with Crippen LogP contribution in [0.1, 0.15) is 38.8 Å². The van der Waals surface area contributed by atoms with E-state index in [0.29, 0.717) is 0 Å². The van der Waals surface area contributed by atoms with E-state index in [-0.39, 0.29) is 26.0 Å². The third-order valence-electron chi connectivity index (χ3n) is 4.03. The Morgan fingerprint density at radius 1 is 0.950 bits per heavy atom. The first-order valence-corrected chi connectivity index (χ1v) is 6.68. The van der Waals surface area contributed by atoms with E-state index in [0.717, 1.165) is 0 Å². The average molecular weight is 277 g/mol. The van der Waals surface area contributed by atoms with Crippen molar-refractivity contribution in [2.45, 2.75) is 52.7 Å². The molecule has 1 aliphatic rings. The largest absolute Gasteiger partial charge is 0.495 e. The van der Waals surface area contributed by atoms with Crippen molar-refractivity contribution >= 4 is 20.3 Å². The first-order chi connectivity index (χ1) is 9.16. The van der Waals surface area contributed by atoms with Crippen LogP contribution in [0, 0.1) is 13.8 Å². The van der Waals surface area contributed by atoms with Crippen molar-refractivity contribution in [1.29, 1.82) is 0 Å². The van der Waals surface area contributed by atoms with Crippen LogP contribution in [-0.4, -0.2) is 36.1 Å². The first kappa shape index (κ1) is 17.2. The summed E-state index contributed by atoms with van der Waals surface area (Å²) in [5.41, 5.74) is 3.08. The zero-order valence-electron chi connectivity index (χ0n) is 13.1. The third-order valence-corrected chi connectivity index (χ3v) is 4.03. The molecule has 1 fully saturated rings. The molecular formula is C14H23B2O4. The van der Waals surface area contributed by atoms with Crippen molar-refractivity contribution < 1.29 is 19.4 Å². The van der Waals surface area contributed by atoms with Crippen LogP contribution in [-0.2, 0) is 9.31 Å². The van der Waals surface area contributed by atoms with E-state index < -0.39 is 0 Å². The summed E-state index contributed by atoms with van der Waals surface area (Å²) in [5, 5.41) is 14.0. The van der Waals surface area contributed by atoms with E-state index in [1.165, 1.54) is 16.6 Å². The van der Waals surface area contributed by atoms with Crippen molar-refractivity contribution in [3.05, 3.63) is 29.3 Å². The lowest BCUT2D eigenvalue weighted by Crippen LogP contribution is -2.41. The fourth-order valence-electron chi connectivity index (χ4n) is 2.16. The Morgan fingerprint density at radius 3 is 1.65 bits per heavy atom. The minimum Gasteiger partial charge on any atom is -0.429 e. The third kappa shape index (κ3) is 3.44. The zero-order chi connectivity index (χ0) is 15.6. The zero-order valence-corrected chi connectivity index (χ0v) is 13.1. The molecule has 0 amide bonds. The molecule has 2 N–H and O–H groups in total. The Morgan fingerprint density at radius 2 is 1.30 bits per heavy atom. The summed E-state index contributed by atoms with van der Waals surface area (Å²) < 4.78 is 12.2. The highest BCUT2D eigenvalue weighted by Crippen LogP contribution is 2.36. The lowest BCUT2D eigenvalue weighted by atomic mass is 9.73. The summed E-state index contributed by atoms with van der Waals surface area (Å²) in [6.07, 6.45) is 0. The molecule has 1 heterocycles. The van der Waals surface area contributed by atoms with Crippen LogP contribution in [0.5, 0.6) is 0 Å². The number of aryl methyl sites for hydroxylation is 2. The van der Waals surface area contributed by atoms with Gasteiger partial charge in [0.15, 0.2) is 0 Å². The Bertz CT molecular complexity index is 424. The smallest absolute Gasteiger partial charge is 0.429 e. The molecule has 1 aromatic carbocycles. The highest BCUT2D eigenvalue weighted by Gasteiger charge is 2.52. The Labute approximate surface area is 122 Å². The minimum atomic E-state index is -0.271. The fourth-order valence-corrected chi connectivity index (χ4v) is 2.16. The van der Waals surface area contributed by atoms with Crippen molar-refractivity contribution in [2.75, 3.05) is 0 Å². The molecule has 0 bridgehead atoms. The molecule has 4 nitrogen and oxygen atoms in total. The second-order valence-electron chi connectivity index (χ2n) is 6.01. The van der Waals surface area contributed by atoms with Crippen LogP contribution in [0.3, 0.4) is 0 Å². The van der Waals surface area contributed by atoms with E-state index in [2.05, 4.69) is 59.7 Å². The Kier molecular flexibility index (Phi) is 5.44. The summed E-state index contributed by atoms with van der Waals surface area (Å²) >= 11 is 0. The van der Waals surface area contributed by atoms with Crippen molar-refractivity contribution in [3.8, 4) is 0 Å². The Balaban J connectivity index is 0.000000612. The lowest BCUT2D eigenvalue weighted by Gasteiger charge is -2.32. The maximum Gasteiger partial charge on any atom is 0.495 e. The normalized spacial score (nSPS) is 19.3. The topological polar surface area (TPSA) is 58.9 Å². The van der Waals surface area contributed by atoms with Crippen LogP contribution in [0.15, 0.2) is 18.2 Å². The fraction of sp³-hybridized carbons (Fsp3) is 0.571. The van der Waals surface area contributed by atoms with Crippen molar-refractivity contribution in [1.82, 2.24) is 0 Å². The number of hydrogen-bond acceptors (Lipinski definition) is 4. The molecule has 0 aromatic heterocycles. The molecule has 0 atom stereocenters. The van der Waals surface area contributed by atoms with Crippen LogP contribution in [0.25, 0.3) is 0 Å². The molecule has 0 unspecified atom stereocenters. The molecular weight excluding hydrogens is 254 g/mol. The van der Waals surface area contributed by atoms with E-state index in [4.69, 9.17) is 19.4 Å². The second kappa shape index (κ2) is 6.31. The summed E-state index contributed by atoms with van der Waals surface area (Å²) in [6.45, 7) is 12.5. The van der Waals surface area contributed by atoms with Crippen molar-refractivity contribution in [2.24, 2.45) is 0 Å². The second-order valence-corrected chi connectivity index (χ2v) is 6.01. The van der Waals surface area contributed by atoms with E-state index in [1.807, 2.05) is 0 Å². The van der Waals surface area contributed by atoms with Crippen LogP contribution in [0.4, 0.5) is 0 Å². The monoisotopic (exact) mass is 277 g/mol. The van der Waals surface area contributed by atoms with Gasteiger partial charge in [-0.1, -0.05) is 29.3 Å². The molecule has 0 spiro atoms. The molecule has 109 valence electrons. The van der Waals surface area contributed by atoms with E-state index in [9.17, 15) is 0 Å². The van der Waals surface area contributed by atoms with Gasteiger partial charge < -0.3 is 19.4 Å². The highest BCUT2D eigenvalue weighted by atomic mass is 16.7. The van der Waals surface area contributed by atoms with Crippen LogP contribution in [0.2, 0.25) is 0 Å². The predicted molar refractivity (Wildman–Crippen MR) is 81.8 cm³/mol. The van der Waals surface area contributed by atoms with Gasteiger partial charge >= 0.3 is 14.8 Å². The van der Waals surface area contributed by atoms with Crippen LogP contribution >= 0.6 is 0 Å². The molecule has 6 heteroatoms. The Hall–Kier alpha value is -0.810. The van der Waals surface area contributed by atoms with Gasteiger partial charge in [-0.2, -0.15) is 0 Å². The van der Waals surface area contributed by atoms with Gasteiger partial charge in [0.05, 0.1) is 11.2 Å². The molecule has 20 heavy (non-hydrogen) atoms. The highest BCUT2D eigenvalue weighted by molar-refractivity contribution is 6.63. The molecule has 1 aliphatic heterocycles. The lowest BCUT2D eigenvalue weighted by molar-refractivity contribution is 0.00578. The SMILES string of the molecule is Cc1cccc(C)c1B1OC(C)(C)C(C)(C)O1.O[B]O. The average Bonchev–Trinajstić information content (AvgIpc) is 2.48. The first-order valence-electron chi connectivity index (χ1n) is 6.68. The van der Waals surface area contributed by atoms with Gasteiger partial charge in [0.25, 0.3) is 0 Å². The van der Waals surface area contributed by atoms with Gasteiger partial charge in [0.1, 0.15) is 0 Å². The van der Waals surface area contributed by atoms with Crippen LogP contribution < -0.4 is 5.46 Å². The molecule has 1 aromatic rings. The van der Waals surface area contributed by atoms with Gasteiger partial charge in [0.2, 0.25) is 0 Å². The van der Waals surface area contributed by atoms with Gasteiger partial charge in [-0.25, -0.2) is 0 Å². The molecule has 1 radical (unpaired) electrons. The summed E-state index contributed by atoms with van der Waals surface area (Å²) in [4.78, 5) is 0. The van der Waals surface area contributed by atoms with Crippen molar-refractivity contribution in [3.63, 3.8) is 0 Å². The van der Waals surface area contributed by atoms with E-state index >= 15 is 0 Å². The summed E-state index contributed by atoms with van der Waals surface area (Å²) in [5.74, 6) is 0. The molecule has 2 rings (SSSR count). The number of rotatable bonds is 1. The molecule has 0 aliphatic carbocycles.